The van der Waals surface area contributed by atoms with Crippen LogP contribution in [0, 0.1) is 0 Å². The average molecular weight is 248 g/mol. The number of rotatable bonds is 1. The smallest absolute Gasteiger partial charge is 0.119 e. The predicted octanol–water partition coefficient (Wildman–Crippen LogP) is 2.40. The zero-order chi connectivity index (χ0) is 12.6. The van der Waals surface area contributed by atoms with Crippen molar-refractivity contribution in [1.82, 2.24) is 0 Å². The zero-order valence-electron chi connectivity index (χ0n) is 10.8. The van der Waals surface area contributed by atoms with Crippen molar-refractivity contribution in [2.24, 2.45) is 0 Å². The number of hydrogen-bond acceptors (Lipinski definition) is 3. The first kappa shape index (κ1) is 12.0. The fraction of sp³-hybridized carbons (Fsp3) is 0.600. The van der Waals surface area contributed by atoms with Crippen molar-refractivity contribution in [3.63, 3.8) is 0 Å². The molecule has 1 N–H and O–H groups in total. The van der Waals surface area contributed by atoms with Gasteiger partial charge in [0.05, 0.1) is 25.4 Å². The number of aryl methyl sites for hydroxylation is 1. The van der Waals surface area contributed by atoms with Crippen LogP contribution in [0.1, 0.15) is 36.8 Å². The molecule has 3 rings (SSSR count). The second kappa shape index (κ2) is 4.56. The summed E-state index contributed by atoms with van der Waals surface area (Å²) in [6.45, 7) is 0.651. The summed E-state index contributed by atoms with van der Waals surface area (Å²) < 4.78 is 11.4. The molecule has 1 saturated heterocycles. The number of ether oxygens (including phenoxy) is 2. The Balaban J connectivity index is 2.04. The summed E-state index contributed by atoms with van der Waals surface area (Å²) in [6, 6.07) is 6.24. The van der Waals surface area contributed by atoms with Crippen molar-refractivity contribution >= 4 is 0 Å². The summed E-state index contributed by atoms with van der Waals surface area (Å²) in [5, 5.41) is 9.97. The highest BCUT2D eigenvalue weighted by atomic mass is 16.5. The van der Waals surface area contributed by atoms with Crippen molar-refractivity contribution in [1.29, 1.82) is 0 Å². The van der Waals surface area contributed by atoms with Crippen LogP contribution in [-0.4, -0.2) is 24.9 Å². The molecule has 0 aromatic heterocycles. The molecule has 3 heteroatoms. The minimum absolute atomic E-state index is 0.240. The number of hydrogen-bond donors (Lipinski definition) is 1. The van der Waals surface area contributed by atoms with Gasteiger partial charge in [0.25, 0.3) is 0 Å². The Morgan fingerprint density at radius 2 is 2.33 bits per heavy atom. The molecule has 98 valence electrons. The number of methoxy groups -OCH3 is 1. The van der Waals surface area contributed by atoms with E-state index in [1.54, 1.807) is 7.11 Å². The molecule has 2 aliphatic rings. The van der Waals surface area contributed by atoms with Crippen molar-refractivity contribution < 1.29 is 14.6 Å². The first-order valence-corrected chi connectivity index (χ1v) is 6.73. The van der Waals surface area contributed by atoms with Crippen LogP contribution in [0.2, 0.25) is 0 Å². The molecule has 0 radical (unpaired) electrons. The Morgan fingerprint density at radius 1 is 1.44 bits per heavy atom. The van der Waals surface area contributed by atoms with Gasteiger partial charge in [0.1, 0.15) is 5.75 Å². The molecule has 0 saturated carbocycles. The minimum Gasteiger partial charge on any atom is -0.497 e. The van der Waals surface area contributed by atoms with Gasteiger partial charge in [0, 0.05) is 6.42 Å². The summed E-state index contributed by atoms with van der Waals surface area (Å²) in [5.74, 6) is 0.874. The highest BCUT2D eigenvalue weighted by Crippen LogP contribution is 2.45. The van der Waals surface area contributed by atoms with Gasteiger partial charge in [-0.2, -0.15) is 0 Å². The van der Waals surface area contributed by atoms with E-state index in [0.29, 0.717) is 13.0 Å². The van der Waals surface area contributed by atoms with Crippen LogP contribution in [0.15, 0.2) is 18.2 Å². The van der Waals surface area contributed by atoms with Crippen molar-refractivity contribution in [2.45, 2.75) is 43.8 Å². The fourth-order valence-corrected chi connectivity index (χ4v) is 3.32. The molecule has 1 aromatic rings. The summed E-state index contributed by atoms with van der Waals surface area (Å²) in [4.78, 5) is 0. The lowest BCUT2D eigenvalue weighted by molar-refractivity contribution is -0.132. The second-order valence-corrected chi connectivity index (χ2v) is 5.37. The number of benzene rings is 1. The van der Waals surface area contributed by atoms with Crippen molar-refractivity contribution in [2.75, 3.05) is 13.7 Å². The van der Waals surface area contributed by atoms with E-state index >= 15 is 0 Å². The molecule has 0 bridgehead atoms. The van der Waals surface area contributed by atoms with Crippen LogP contribution >= 0.6 is 0 Å². The molecule has 1 fully saturated rings. The first-order chi connectivity index (χ1) is 8.73. The maximum absolute atomic E-state index is 9.97. The third kappa shape index (κ3) is 1.91. The molecule has 2 unspecified atom stereocenters. The Labute approximate surface area is 108 Å². The summed E-state index contributed by atoms with van der Waals surface area (Å²) in [5.41, 5.74) is 2.29. The largest absolute Gasteiger partial charge is 0.497 e. The molecule has 0 amide bonds. The third-order valence-corrected chi connectivity index (χ3v) is 4.23. The maximum atomic E-state index is 9.97. The minimum atomic E-state index is -0.278. The van der Waals surface area contributed by atoms with Gasteiger partial charge in [-0.25, -0.2) is 0 Å². The van der Waals surface area contributed by atoms with Crippen LogP contribution in [-0.2, 0) is 16.8 Å². The second-order valence-electron chi connectivity index (χ2n) is 5.37. The van der Waals surface area contributed by atoms with Gasteiger partial charge >= 0.3 is 0 Å². The molecular weight excluding hydrogens is 228 g/mol. The van der Waals surface area contributed by atoms with Crippen LogP contribution in [0.5, 0.6) is 5.75 Å². The SMILES string of the molecule is COc1ccc2c(c1)C1(CCC2)CC(O)CCO1. The van der Waals surface area contributed by atoms with E-state index in [1.807, 2.05) is 6.07 Å². The summed E-state index contributed by atoms with van der Waals surface area (Å²) >= 11 is 0. The standard InChI is InChI=1S/C15H20O3/c1-17-13-5-4-11-3-2-7-15(14(11)9-13)10-12(16)6-8-18-15/h4-5,9,12,16H,2-3,6-8,10H2,1H3. The Kier molecular flexibility index (Phi) is 3.04. The first-order valence-electron chi connectivity index (χ1n) is 6.73. The van der Waals surface area contributed by atoms with E-state index in [4.69, 9.17) is 9.47 Å². The van der Waals surface area contributed by atoms with E-state index in [-0.39, 0.29) is 11.7 Å². The van der Waals surface area contributed by atoms with E-state index in [9.17, 15) is 5.11 Å². The lowest BCUT2D eigenvalue weighted by atomic mass is 9.74. The number of aliphatic hydroxyl groups excluding tert-OH is 1. The maximum Gasteiger partial charge on any atom is 0.119 e. The summed E-state index contributed by atoms with van der Waals surface area (Å²) in [6.07, 6.45) is 4.46. The molecule has 1 aliphatic carbocycles. The van der Waals surface area contributed by atoms with Gasteiger partial charge < -0.3 is 14.6 Å². The monoisotopic (exact) mass is 248 g/mol. The average Bonchev–Trinajstić information content (AvgIpc) is 2.39. The van der Waals surface area contributed by atoms with Crippen molar-refractivity contribution in [3.8, 4) is 5.75 Å². The van der Waals surface area contributed by atoms with Gasteiger partial charge in [-0.3, -0.25) is 0 Å². The van der Waals surface area contributed by atoms with Crippen molar-refractivity contribution in [3.05, 3.63) is 29.3 Å². The molecule has 18 heavy (non-hydrogen) atoms. The Bertz CT molecular complexity index is 443. The molecular formula is C15H20O3. The highest BCUT2D eigenvalue weighted by molar-refractivity contribution is 5.41. The third-order valence-electron chi connectivity index (χ3n) is 4.23. The van der Waals surface area contributed by atoms with Crippen LogP contribution in [0.25, 0.3) is 0 Å². The van der Waals surface area contributed by atoms with E-state index < -0.39 is 0 Å². The number of fused-ring (bicyclic) bond motifs is 2. The van der Waals surface area contributed by atoms with Gasteiger partial charge in [-0.1, -0.05) is 6.07 Å². The normalized spacial score (nSPS) is 31.1. The fourth-order valence-electron chi connectivity index (χ4n) is 3.32. The molecule has 2 atom stereocenters. The van der Waals surface area contributed by atoms with Gasteiger partial charge in [0.2, 0.25) is 0 Å². The van der Waals surface area contributed by atoms with Crippen LogP contribution in [0.4, 0.5) is 0 Å². The zero-order valence-corrected chi connectivity index (χ0v) is 10.8. The predicted molar refractivity (Wildman–Crippen MR) is 68.8 cm³/mol. The topological polar surface area (TPSA) is 38.7 Å². The molecule has 1 heterocycles. The van der Waals surface area contributed by atoms with Gasteiger partial charge in [-0.05, 0) is 48.9 Å². The van der Waals surface area contributed by atoms with Gasteiger partial charge in [-0.15, -0.1) is 0 Å². The Morgan fingerprint density at radius 3 is 3.11 bits per heavy atom. The van der Waals surface area contributed by atoms with E-state index in [0.717, 1.165) is 31.4 Å². The molecule has 1 spiro atoms. The molecule has 1 aromatic carbocycles. The lowest BCUT2D eigenvalue weighted by Gasteiger charge is -2.43. The lowest BCUT2D eigenvalue weighted by Crippen LogP contribution is -2.42. The van der Waals surface area contributed by atoms with E-state index in [2.05, 4.69) is 12.1 Å². The highest BCUT2D eigenvalue weighted by Gasteiger charge is 2.41. The van der Waals surface area contributed by atoms with Crippen LogP contribution in [0.3, 0.4) is 0 Å². The van der Waals surface area contributed by atoms with Gasteiger partial charge in [0.15, 0.2) is 0 Å². The molecule has 3 nitrogen and oxygen atoms in total. The Hall–Kier alpha value is -1.06. The summed E-state index contributed by atoms with van der Waals surface area (Å²) in [7, 11) is 1.69. The number of aliphatic hydroxyl groups is 1. The quantitative estimate of drug-likeness (QED) is 0.829. The van der Waals surface area contributed by atoms with E-state index in [1.165, 1.54) is 11.1 Å². The molecule has 1 aliphatic heterocycles. The van der Waals surface area contributed by atoms with Crippen LogP contribution < -0.4 is 4.74 Å².